The number of carbonyl (C=O) groups excluding carboxylic acids is 1. The molecule has 2 rings (SSSR count). The molecule has 5 nitrogen and oxygen atoms in total. The molecule has 1 amide bonds. The first kappa shape index (κ1) is 21.5. The fourth-order valence-electron chi connectivity index (χ4n) is 2.38. The molecule has 2 aromatic rings. The third-order valence-corrected chi connectivity index (χ3v) is 6.16. The minimum absolute atomic E-state index is 0.0692. The number of halogens is 3. The van der Waals surface area contributed by atoms with Crippen molar-refractivity contribution < 1.29 is 22.0 Å². The summed E-state index contributed by atoms with van der Waals surface area (Å²) < 4.78 is 53.9. The van der Waals surface area contributed by atoms with Crippen molar-refractivity contribution in [3.8, 4) is 0 Å². The summed E-state index contributed by atoms with van der Waals surface area (Å²) in [4.78, 5) is 13.8. The molecule has 0 aromatic heterocycles. The van der Waals surface area contributed by atoms with Crippen molar-refractivity contribution in [3.05, 3.63) is 64.1 Å². The second-order valence-electron chi connectivity index (χ2n) is 5.96. The summed E-state index contributed by atoms with van der Waals surface area (Å²) >= 11 is 3.23. The summed E-state index contributed by atoms with van der Waals surface area (Å²) in [6.07, 6.45) is -0.0692. The van der Waals surface area contributed by atoms with E-state index in [9.17, 15) is 22.0 Å². The summed E-state index contributed by atoms with van der Waals surface area (Å²) in [6, 6.07) is 9.08. The van der Waals surface area contributed by atoms with Crippen LogP contribution in [0.1, 0.15) is 24.9 Å². The van der Waals surface area contributed by atoms with Crippen LogP contribution in [0, 0.1) is 11.6 Å². The third kappa shape index (κ3) is 5.57. The van der Waals surface area contributed by atoms with Gasteiger partial charge in [-0.1, -0.05) is 22.0 Å². The van der Waals surface area contributed by atoms with Crippen molar-refractivity contribution in [1.29, 1.82) is 0 Å². The van der Waals surface area contributed by atoms with Gasteiger partial charge < -0.3 is 4.90 Å². The topological polar surface area (TPSA) is 66.5 Å². The fraction of sp³-hybridized carbons (Fsp3) is 0.278. The molecule has 0 bridgehead atoms. The Bertz CT molecular complexity index is 921. The summed E-state index contributed by atoms with van der Waals surface area (Å²) in [6.45, 7) is 1.60. The van der Waals surface area contributed by atoms with Crippen molar-refractivity contribution in [2.24, 2.45) is 0 Å². The zero-order valence-electron chi connectivity index (χ0n) is 14.7. The number of amides is 1. The van der Waals surface area contributed by atoms with E-state index in [1.54, 1.807) is 19.1 Å². The van der Waals surface area contributed by atoms with Crippen molar-refractivity contribution in [1.82, 2.24) is 9.62 Å². The molecule has 0 saturated carbocycles. The lowest BCUT2D eigenvalue weighted by molar-refractivity contribution is -0.131. The molecule has 1 N–H and O–H groups in total. The highest BCUT2D eigenvalue weighted by atomic mass is 79.9. The fourth-order valence-corrected chi connectivity index (χ4v) is 3.67. The van der Waals surface area contributed by atoms with Gasteiger partial charge in [0.1, 0.15) is 0 Å². The lowest BCUT2D eigenvalue weighted by Crippen LogP contribution is -2.33. The molecule has 0 aliphatic heterocycles. The highest BCUT2D eigenvalue weighted by molar-refractivity contribution is 9.10. The highest BCUT2D eigenvalue weighted by Crippen LogP contribution is 2.21. The molecule has 0 fully saturated rings. The Morgan fingerprint density at radius 1 is 1.15 bits per heavy atom. The minimum atomic E-state index is -3.71. The lowest BCUT2D eigenvalue weighted by Gasteiger charge is -2.25. The Morgan fingerprint density at radius 3 is 2.37 bits per heavy atom. The van der Waals surface area contributed by atoms with Gasteiger partial charge in [0.15, 0.2) is 11.6 Å². The molecule has 1 atom stereocenters. The van der Waals surface area contributed by atoms with Gasteiger partial charge in [-0.15, -0.1) is 0 Å². The predicted octanol–water partition coefficient (Wildman–Crippen LogP) is 3.62. The first-order chi connectivity index (χ1) is 12.6. The van der Waals surface area contributed by atoms with Gasteiger partial charge in [-0.3, -0.25) is 4.79 Å². The van der Waals surface area contributed by atoms with Crippen molar-refractivity contribution in [2.75, 3.05) is 13.6 Å². The van der Waals surface area contributed by atoms with Gasteiger partial charge in [0.2, 0.25) is 15.9 Å². The maximum Gasteiger partial charge on any atom is 0.240 e. The SMILES string of the molecule is CC(c1ccc(F)c(F)c1)N(C)C(=O)CCNS(=O)(=O)c1ccc(Br)cc1. The molecular formula is C18H19BrF2N2O3S. The molecule has 0 aliphatic carbocycles. The Morgan fingerprint density at radius 2 is 1.78 bits per heavy atom. The second-order valence-corrected chi connectivity index (χ2v) is 8.64. The van der Waals surface area contributed by atoms with E-state index < -0.39 is 27.7 Å². The van der Waals surface area contributed by atoms with E-state index in [0.717, 1.165) is 16.6 Å². The van der Waals surface area contributed by atoms with Gasteiger partial charge in [0, 0.05) is 24.5 Å². The van der Waals surface area contributed by atoms with E-state index in [2.05, 4.69) is 20.7 Å². The molecule has 27 heavy (non-hydrogen) atoms. The average molecular weight is 461 g/mol. The summed E-state index contributed by atoms with van der Waals surface area (Å²) in [5.41, 5.74) is 0.445. The number of nitrogens with zero attached hydrogens (tertiary/aromatic N) is 1. The first-order valence-electron chi connectivity index (χ1n) is 8.07. The molecule has 0 heterocycles. The van der Waals surface area contributed by atoms with E-state index in [0.29, 0.717) is 5.56 Å². The van der Waals surface area contributed by atoms with E-state index in [-0.39, 0.29) is 23.8 Å². The van der Waals surface area contributed by atoms with E-state index >= 15 is 0 Å². The van der Waals surface area contributed by atoms with Crippen LogP contribution in [0.5, 0.6) is 0 Å². The Kier molecular flexibility index (Phi) is 7.07. The van der Waals surface area contributed by atoms with Crippen LogP contribution in [-0.4, -0.2) is 32.8 Å². The van der Waals surface area contributed by atoms with Crippen LogP contribution in [0.4, 0.5) is 8.78 Å². The van der Waals surface area contributed by atoms with Crippen LogP contribution in [0.25, 0.3) is 0 Å². The molecular weight excluding hydrogens is 442 g/mol. The predicted molar refractivity (Wildman–Crippen MR) is 101 cm³/mol. The van der Waals surface area contributed by atoms with E-state index in [1.807, 2.05) is 0 Å². The van der Waals surface area contributed by atoms with Crippen LogP contribution >= 0.6 is 15.9 Å². The smallest absolute Gasteiger partial charge is 0.240 e. The zero-order valence-corrected chi connectivity index (χ0v) is 17.1. The standard InChI is InChI=1S/C18H19BrF2N2O3S/c1-12(13-3-8-16(20)17(21)11-13)23(2)18(24)9-10-22-27(25,26)15-6-4-14(19)5-7-15/h3-8,11-12,22H,9-10H2,1-2H3. The van der Waals surface area contributed by atoms with Crippen molar-refractivity contribution in [2.45, 2.75) is 24.3 Å². The lowest BCUT2D eigenvalue weighted by atomic mass is 10.1. The van der Waals surface area contributed by atoms with Gasteiger partial charge >= 0.3 is 0 Å². The number of nitrogens with one attached hydrogen (secondary N) is 1. The second kappa shape index (κ2) is 8.90. The van der Waals surface area contributed by atoms with Crippen LogP contribution in [-0.2, 0) is 14.8 Å². The third-order valence-electron chi connectivity index (χ3n) is 4.16. The molecule has 1 unspecified atom stereocenters. The zero-order chi connectivity index (χ0) is 20.2. The summed E-state index contributed by atoms with van der Waals surface area (Å²) in [5, 5.41) is 0. The van der Waals surface area contributed by atoms with Crippen LogP contribution < -0.4 is 4.72 Å². The largest absolute Gasteiger partial charge is 0.339 e. The number of hydrogen-bond donors (Lipinski definition) is 1. The van der Waals surface area contributed by atoms with E-state index in [4.69, 9.17) is 0 Å². The summed E-state index contributed by atoms with van der Waals surface area (Å²) in [7, 11) is -2.19. The number of hydrogen-bond acceptors (Lipinski definition) is 3. The number of rotatable bonds is 7. The summed E-state index contributed by atoms with van der Waals surface area (Å²) in [5.74, 6) is -2.27. The van der Waals surface area contributed by atoms with Gasteiger partial charge in [-0.05, 0) is 48.9 Å². The molecule has 0 aliphatic rings. The average Bonchev–Trinajstić information content (AvgIpc) is 2.62. The monoisotopic (exact) mass is 460 g/mol. The van der Waals surface area contributed by atoms with Crippen LogP contribution in [0.2, 0.25) is 0 Å². The van der Waals surface area contributed by atoms with Crippen molar-refractivity contribution >= 4 is 31.9 Å². The van der Waals surface area contributed by atoms with Crippen molar-refractivity contribution in [3.63, 3.8) is 0 Å². The van der Waals surface area contributed by atoms with Crippen LogP contribution in [0.3, 0.4) is 0 Å². The van der Waals surface area contributed by atoms with Gasteiger partial charge in [0.25, 0.3) is 0 Å². The quantitative estimate of drug-likeness (QED) is 0.685. The van der Waals surface area contributed by atoms with Crippen LogP contribution in [0.15, 0.2) is 51.8 Å². The Hall–Kier alpha value is -1.84. The molecule has 0 radical (unpaired) electrons. The molecule has 9 heteroatoms. The van der Waals surface area contributed by atoms with Gasteiger partial charge in [-0.2, -0.15) is 0 Å². The first-order valence-corrected chi connectivity index (χ1v) is 10.4. The normalized spacial score (nSPS) is 12.6. The molecule has 146 valence electrons. The van der Waals surface area contributed by atoms with Gasteiger partial charge in [-0.25, -0.2) is 21.9 Å². The molecule has 0 saturated heterocycles. The highest BCUT2D eigenvalue weighted by Gasteiger charge is 2.20. The van der Waals surface area contributed by atoms with Gasteiger partial charge in [0.05, 0.1) is 10.9 Å². The Balaban J connectivity index is 1.94. The number of sulfonamides is 1. The molecule has 0 spiro atoms. The number of benzene rings is 2. The Labute approximate surface area is 165 Å². The maximum atomic E-state index is 13.4. The minimum Gasteiger partial charge on any atom is -0.339 e. The maximum absolute atomic E-state index is 13.4. The number of carbonyl (C=O) groups is 1. The van der Waals surface area contributed by atoms with E-state index in [1.165, 1.54) is 30.1 Å². The molecule has 2 aromatic carbocycles.